The van der Waals surface area contributed by atoms with Gasteiger partial charge in [-0.3, -0.25) is 9.78 Å². The molecule has 0 bridgehead atoms. The molecule has 1 spiro atoms. The molecule has 23 heavy (non-hydrogen) atoms. The number of amides is 1. The van der Waals surface area contributed by atoms with Gasteiger partial charge in [0.2, 0.25) is 0 Å². The molecule has 0 radical (unpaired) electrons. The van der Waals surface area contributed by atoms with Crippen molar-refractivity contribution in [2.75, 3.05) is 26.8 Å². The third kappa shape index (κ3) is 2.40. The second-order valence-electron chi connectivity index (χ2n) is 6.34. The van der Waals surface area contributed by atoms with Crippen molar-refractivity contribution in [3.05, 3.63) is 42.1 Å². The summed E-state index contributed by atoms with van der Waals surface area (Å²) in [5.74, 6) is -0.00215. The van der Waals surface area contributed by atoms with Crippen LogP contribution in [0.2, 0.25) is 0 Å². The van der Waals surface area contributed by atoms with Gasteiger partial charge in [-0.05, 0) is 25.0 Å². The molecule has 1 amide bonds. The number of benzene rings is 1. The minimum absolute atomic E-state index is 0.00215. The van der Waals surface area contributed by atoms with Crippen LogP contribution in [-0.4, -0.2) is 54.3 Å². The number of ether oxygens (including phenoxy) is 2. The smallest absolute Gasteiger partial charge is 0.255 e. The molecular formula is C18H20N2O3. The van der Waals surface area contributed by atoms with Gasteiger partial charge in [-0.25, -0.2) is 0 Å². The van der Waals surface area contributed by atoms with Gasteiger partial charge in [-0.2, -0.15) is 0 Å². The molecule has 0 saturated carbocycles. The summed E-state index contributed by atoms with van der Waals surface area (Å²) in [4.78, 5) is 19.1. The first-order chi connectivity index (χ1) is 11.2. The molecule has 5 heteroatoms. The van der Waals surface area contributed by atoms with Gasteiger partial charge < -0.3 is 14.4 Å². The average molecular weight is 312 g/mol. The SMILES string of the molecule is CO[C@H]1CN(C(=O)c2cnc3ccccc3c2)C[C@@]12CCCO2. The van der Waals surface area contributed by atoms with Gasteiger partial charge in [0.25, 0.3) is 5.91 Å². The lowest BCUT2D eigenvalue weighted by Crippen LogP contribution is -2.42. The topological polar surface area (TPSA) is 51.7 Å². The van der Waals surface area contributed by atoms with Gasteiger partial charge in [-0.15, -0.1) is 0 Å². The summed E-state index contributed by atoms with van der Waals surface area (Å²) in [7, 11) is 1.69. The highest BCUT2D eigenvalue weighted by Crippen LogP contribution is 2.37. The highest BCUT2D eigenvalue weighted by atomic mass is 16.6. The first kappa shape index (κ1) is 14.6. The van der Waals surface area contributed by atoms with Gasteiger partial charge >= 0.3 is 0 Å². The maximum absolute atomic E-state index is 12.9. The predicted molar refractivity (Wildman–Crippen MR) is 86.4 cm³/mol. The molecule has 5 nitrogen and oxygen atoms in total. The summed E-state index contributed by atoms with van der Waals surface area (Å²) in [6.45, 7) is 1.92. The van der Waals surface area contributed by atoms with Crippen molar-refractivity contribution in [2.24, 2.45) is 0 Å². The minimum Gasteiger partial charge on any atom is -0.377 e. The maximum atomic E-state index is 12.9. The summed E-state index contributed by atoms with van der Waals surface area (Å²) < 4.78 is 11.6. The molecule has 1 aromatic carbocycles. The van der Waals surface area contributed by atoms with E-state index in [1.807, 2.05) is 35.2 Å². The largest absolute Gasteiger partial charge is 0.377 e. The Balaban J connectivity index is 1.61. The number of fused-ring (bicyclic) bond motifs is 1. The van der Waals surface area contributed by atoms with Crippen LogP contribution < -0.4 is 0 Å². The third-order valence-electron chi connectivity index (χ3n) is 4.97. The molecule has 2 atom stereocenters. The number of hydrogen-bond acceptors (Lipinski definition) is 4. The summed E-state index contributed by atoms with van der Waals surface area (Å²) in [5.41, 5.74) is 1.19. The normalized spacial score (nSPS) is 27.2. The van der Waals surface area contributed by atoms with Crippen LogP contribution in [0.3, 0.4) is 0 Å². The van der Waals surface area contributed by atoms with Gasteiger partial charge in [0, 0.05) is 25.3 Å². The minimum atomic E-state index is -0.325. The lowest BCUT2D eigenvalue weighted by atomic mass is 9.96. The Morgan fingerprint density at radius 2 is 2.30 bits per heavy atom. The molecule has 2 fully saturated rings. The summed E-state index contributed by atoms with van der Waals surface area (Å²) in [6.07, 6.45) is 3.58. The van der Waals surface area contributed by atoms with Crippen LogP contribution in [0.1, 0.15) is 23.2 Å². The zero-order valence-electron chi connectivity index (χ0n) is 13.2. The van der Waals surface area contributed by atoms with E-state index in [0.717, 1.165) is 30.4 Å². The summed E-state index contributed by atoms with van der Waals surface area (Å²) >= 11 is 0. The average Bonchev–Trinajstić information content (AvgIpc) is 3.21. The van der Waals surface area contributed by atoms with Crippen LogP contribution in [-0.2, 0) is 9.47 Å². The maximum Gasteiger partial charge on any atom is 0.255 e. The molecule has 0 unspecified atom stereocenters. The van der Waals surface area contributed by atoms with Crippen LogP contribution in [0.15, 0.2) is 36.5 Å². The number of aromatic nitrogens is 1. The molecule has 0 N–H and O–H groups in total. The molecular weight excluding hydrogens is 292 g/mol. The van der Waals surface area contributed by atoms with E-state index in [0.29, 0.717) is 18.7 Å². The number of carbonyl (C=O) groups is 1. The van der Waals surface area contributed by atoms with E-state index < -0.39 is 0 Å². The number of rotatable bonds is 2. The molecule has 4 rings (SSSR count). The molecule has 1 aromatic heterocycles. The first-order valence-electron chi connectivity index (χ1n) is 8.03. The van der Waals surface area contributed by atoms with Crippen molar-refractivity contribution in [2.45, 2.75) is 24.5 Å². The van der Waals surface area contributed by atoms with E-state index in [-0.39, 0.29) is 17.6 Å². The highest BCUT2D eigenvalue weighted by Gasteiger charge is 2.51. The van der Waals surface area contributed by atoms with E-state index in [4.69, 9.17) is 9.47 Å². The summed E-state index contributed by atoms with van der Waals surface area (Å²) in [5, 5.41) is 0.979. The number of hydrogen-bond donors (Lipinski definition) is 0. The number of nitrogens with zero attached hydrogens (tertiary/aromatic N) is 2. The van der Waals surface area contributed by atoms with Gasteiger partial charge in [-0.1, -0.05) is 18.2 Å². The van der Waals surface area contributed by atoms with Crippen molar-refractivity contribution in [1.29, 1.82) is 0 Å². The lowest BCUT2D eigenvalue weighted by Gasteiger charge is -2.27. The van der Waals surface area contributed by atoms with Crippen molar-refractivity contribution in [1.82, 2.24) is 9.88 Å². The van der Waals surface area contributed by atoms with Gasteiger partial charge in [0.05, 0.1) is 24.2 Å². The second-order valence-corrected chi connectivity index (χ2v) is 6.34. The second kappa shape index (κ2) is 5.58. The molecule has 2 aliphatic rings. The number of methoxy groups -OCH3 is 1. The molecule has 0 aliphatic carbocycles. The fourth-order valence-electron chi connectivity index (χ4n) is 3.77. The number of carbonyl (C=O) groups excluding carboxylic acids is 1. The Morgan fingerprint density at radius 1 is 1.43 bits per heavy atom. The third-order valence-corrected chi connectivity index (χ3v) is 4.97. The Hall–Kier alpha value is -1.98. The van der Waals surface area contributed by atoms with Crippen molar-refractivity contribution in [3.63, 3.8) is 0 Å². The standard InChI is InChI=1S/C18H20N2O3/c1-22-16-11-20(12-18(16)7-4-8-23-18)17(21)14-9-13-5-2-3-6-15(13)19-10-14/h2-3,5-6,9-10,16H,4,7-8,11-12H2,1H3/t16-,18-/m0/s1. The van der Waals surface area contributed by atoms with Gasteiger partial charge in [0.1, 0.15) is 11.7 Å². The van der Waals surface area contributed by atoms with Gasteiger partial charge in [0.15, 0.2) is 0 Å². The number of likely N-dealkylation sites (tertiary alicyclic amines) is 1. The number of para-hydroxylation sites is 1. The van der Waals surface area contributed by atoms with Crippen LogP contribution in [0.25, 0.3) is 10.9 Å². The molecule has 2 saturated heterocycles. The Labute approximate surface area is 135 Å². The zero-order valence-corrected chi connectivity index (χ0v) is 13.2. The Kier molecular flexibility index (Phi) is 3.54. The van der Waals surface area contributed by atoms with E-state index in [2.05, 4.69) is 4.98 Å². The van der Waals surface area contributed by atoms with Crippen molar-refractivity contribution >= 4 is 16.8 Å². The molecule has 120 valence electrons. The molecule has 2 aromatic rings. The van der Waals surface area contributed by atoms with Crippen molar-refractivity contribution < 1.29 is 14.3 Å². The Bertz CT molecular complexity index is 740. The highest BCUT2D eigenvalue weighted by molar-refractivity contribution is 5.97. The first-order valence-corrected chi connectivity index (χ1v) is 8.03. The summed E-state index contributed by atoms with van der Waals surface area (Å²) in [6, 6.07) is 9.73. The van der Waals surface area contributed by atoms with Crippen LogP contribution >= 0.6 is 0 Å². The van der Waals surface area contributed by atoms with Crippen molar-refractivity contribution in [3.8, 4) is 0 Å². The lowest BCUT2D eigenvalue weighted by molar-refractivity contribution is -0.0754. The fraction of sp³-hybridized carbons (Fsp3) is 0.444. The van der Waals surface area contributed by atoms with Crippen LogP contribution in [0, 0.1) is 0 Å². The van der Waals surface area contributed by atoms with Crippen LogP contribution in [0.4, 0.5) is 0 Å². The van der Waals surface area contributed by atoms with E-state index >= 15 is 0 Å². The predicted octanol–water partition coefficient (Wildman–Crippen LogP) is 2.25. The Morgan fingerprint density at radius 3 is 3.09 bits per heavy atom. The zero-order chi connectivity index (χ0) is 15.9. The van der Waals surface area contributed by atoms with E-state index in [1.165, 1.54) is 0 Å². The van der Waals surface area contributed by atoms with Crippen LogP contribution in [0.5, 0.6) is 0 Å². The molecule has 2 aliphatic heterocycles. The molecule has 3 heterocycles. The van der Waals surface area contributed by atoms with E-state index in [1.54, 1.807) is 13.3 Å². The monoisotopic (exact) mass is 312 g/mol. The quantitative estimate of drug-likeness (QED) is 0.853. The number of pyridine rings is 1. The van der Waals surface area contributed by atoms with E-state index in [9.17, 15) is 4.79 Å². The fourth-order valence-corrected chi connectivity index (χ4v) is 3.77.